The van der Waals surface area contributed by atoms with Gasteiger partial charge in [0.05, 0.1) is 11.5 Å². The van der Waals surface area contributed by atoms with Crippen LogP contribution in [-0.2, 0) is 0 Å². The Morgan fingerprint density at radius 1 is 1.41 bits per heavy atom. The molecule has 0 amide bonds. The van der Waals surface area contributed by atoms with Gasteiger partial charge in [-0.3, -0.25) is 0 Å². The highest BCUT2D eigenvalue weighted by Gasteiger charge is 2.20. The zero-order chi connectivity index (χ0) is 11.8. The van der Waals surface area contributed by atoms with Crippen molar-refractivity contribution in [2.24, 2.45) is 0 Å². The maximum Gasteiger partial charge on any atom is 0.339 e. The summed E-state index contributed by atoms with van der Waals surface area (Å²) in [7, 11) is 0. The molecule has 1 aromatic carbocycles. The van der Waals surface area contributed by atoms with Crippen LogP contribution in [0.25, 0.3) is 11.0 Å². The summed E-state index contributed by atoms with van der Waals surface area (Å²) in [6.45, 7) is 1.89. The van der Waals surface area contributed by atoms with Gasteiger partial charge in [-0.15, -0.1) is 0 Å². The molecule has 0 radical (unpaired) electrons. The van der Waals surface area contributed by atoms with Crippen LogP contribution < -0.4 is 10.9 Å². The van der Waals surface area contributed by atoms with E-state index in [0.29, 0.717) is 16.9 Å². The lowest BCUT2D eigenvalue weighted by Gasteiger charge is -2.12. The second-order valence-electron chi connectivity index (χ2n) is 4.36. The fourth-order valence-corrected chi connectivity index (χ4v) is 2.49. The first-order chi connectivity index (χ1) is 8.25. The van der Waals surface area contributed by atoms with Gasteiger partial charge in [0, 0.05) is 6.54 Å². The summed E-state index contributed by atoms with van der Waals surface area (Å²) in [5.74, 6) is 0.385. The van der Waals surface area contributed by atoms with Gasteiger partial charge >= 0.3 is 5.63 Å². The van der Waals surface area contributed by atoms with Crippen LogP contribution in [-0.4, -0.2) is 18.2 Å². The summed E-state index contributed by atoms with van der Waals surface area (Å²) in [6.07, 6.45) is 1.04. The van der Waals surface area contributed by atoms with Gasteiger partial charge in [-0.2, -0.15) is 0 Å². The Hall–Kier alpha value is -1.81. The lowest BCUT2D eigenvalue weighted by Crippen LogP contribution is -2.08. The smallest absolute Gasteiger partial charge is 0.339 e. The van der Waals surface area contributed by atoms with Crippen molar-refractivity contribution in [3.63, 3.8) is 0 Å². The minimum Gasteiger partial charge on any atom is -0.507 e. The summed E-state index contributed by atoms with van der Waals surface area (Å²) in [5, 5.41) is 13.9. The first-order valence-electron chi connectivity index (χ1n) is 5.72. The molecule has 0 aliphatic carbocycles. The predicted octanol–water partition coefficient (Wildman–Crippen LogP) is 1.58. The predicted molar refractivity (Wildman–Crippen MR) is 64.4 cm³/mol. The van der Waals surface area contributed by atoms with Crippen molar-refractivity contribution in [1.29, 1.82) is 0 Å². The van der Waals surface area contributed by atoms with Crippen LogP contribution >= 0.6 is 0 Å². The van der Waals surface area contributed by atoms with E-state index in [0.717, 1.165) is 31.1 Å². The Bertz CT molecular complexity index is 612. The molecule has 4 heteroatoms. The highest BCUT2D eigenvalue weighted by atomic mass is 16.4. The zero-order valence-electron chi connectivity index (χ0n) is 9.27. The quantitative estimate of drug-likeness (QED) is 0.731. The topological polar surface area (TPSA) is 62.5 Å². The van der Waals surface area contributed by atoms with Crippen molar-refractivity contribution in [2.45, 2.75) is 12.3 Å². The SMILES string of the molecule is O=c1cc(O)c2c(C3CCNC3)cccc2o1. The Morgan fingerprint density at radius 2 is 2.29 bits per heavy atom. The maximum atomic E-state index is 11.2. The molecule has 2 aromatic rings. The third-order valence-corrected chi connectivity index (χ3v) is 3.28. The first kappa shape index (κ1) is 10.4. The molecule has 1 unspecified atom stereocenters. The number of benzene rings is 1. The van der Waals surface area contributed by atoms with E-state index in [1.54, 1.807) is 6.07 Å². The van der Waals surface area contributed by atoms with Crippen molar-refractivity contribution in [3.05, 3.63) is 40.2 Å². The number of hydrogen-bond acceptors (Lipinski definition) is 4. The molecule has 0 spiro atoms. The van der Waals surface area contributed by atoms with E-state index in [1.165, 1.54) is 0 Å². The average Bonchev–Trinajstić information content (AvgIpc) is 2.80. The van der Waals surface area contributed by atoms with Crippen molar-refractivity contribution in [3.8, 4) is 5.75 Å². The van der Waals surface area contributed by atoms with Gasteiger partial charge < -0.3 is 14.8 Å². The first-order valence-corrected chi connectivity index (χ1v) is 5.72. The van der Waals surface area contributed by atoms with E-state index >= 15 is 0 Å². The summed E-state index contributed by atoms with van der Waals surface area (Å²) < 4.78 is 5.11. The molecule has 1 aliphatic heterocycles. The van der Waals surface area contributed by atoms with Gasteiger partial charge in [0.2, 0.25) is 0 Å². The van der Waals surface area contributed by atoms with Crippen molar-refractivity contribution >= 4 is 11.0 Å². The van der Waals surface area contributed by atoms with Gasteiger partial charge in [-0.1, -0.05) is 12.1 Å². The van der Waals surface area contributed by atoms with Crippen LogP contribution in [0.3, 0.4) is 0 Å². The Kier molecular flexibility index (Phi) is 2.37. The fourth-order valence-electron chi connectivity index (χ4n) is 2.49. The molecule has 88 valence electrons. The second-order valence-corrected chi connectivity index (χ2v) is 4.36. The third-order valence-electron chi connectivity index (χ3n) is 3.28. The van der Waals surface area contributed by atoms with E-state index in [9.17, 15) is 9.90 Å². The second kappa shape index (κ2) is 3.89. The molecule has 2 N–H and O–H groups in total. The Labute approximate surface area is 97.9 Å². The molecule has 0 bridgehead atoms. The largest absolute Gasteiger partial charge is 0.507 e. The summed E-state index contributed by atoms with van der Waals surface area (Å²) in [6, 6.07) is 6.69. The number of aromatic hydroxyl groups is 1. The minimum atomic E-state index is -0.517. The van der Waals surface area contributed by atoms with Crippen LogP contribution in [0.1, 0.15) is 17.9 Å². The molecule has 1 atom stereocenters. The van der Waals surface area contributed by atoms with Gasteiger partial charge in [0.15, 0.2) is 0 Å². The molecule has 3 rings (SSSR count). The van der Waals surface area contributed by atoms with Crippen molar-refractivity contribution in [1.82, 2.24) is 5.32 Å². The Balaban J connectivity index is 2.27. The zero-order valence-corrected chi connectivity index (χ0v) is 9.27. The minimum absolute atomic E-state index is 0.0127. The molecule has 2 heterocycles. The Morgan fingerprint density at radius 3 is 3.06 bits per heavy atom. The summed E-state index contributed by atoms with van der Waals surface area (Å²) in [5.41, 5.74) is 0.991. The van der Waals surface area contributed by atoms with Crippen LogP contribution in [0.4, 0.5) is 0 Å². The number of hydrogen-bond donors (Lipinski definition) is 2. The molecule has 4 nitrogen and oxygen atoms in total. The molecule has 1 aromatic heterocycles. The van der Waals surface area contributed by atoms with E-state index in [1.807, 2.05) is 12.1 Å². The summed E-state index contributed by atoms with van der Waals surface area (Å²) >= 11 is 0. The molecule has 0 saturated carbocycles. The number of rotatable bonds is 1. The normalized spacial score (nSPS) is 19.9. The molecule has 1 aliphatic rings. The van der Waals surface area contributed by atoms with Gasteiger partial charge in [-0.25, -0.2) is 4.79 Å². The standard InChI is InChI=1S/C13H13NO3/c15-10-6-12(16)17-11-3-1-2-9(13(10)11)8-4-5-14-7-8/h1-3,6,8,14-15H,4-5,7H2. The van der Waals surface area contributed by atoms with E-state index in [4.69, 9.17) is 4.42 Å². The van der Waals surface area contributed by atoms with Gasteiger partial charge in [0.1, 0.15) is 11.3 Å². The lowest BCUT2D eigenvalue weighted by atomic mass is 9.94. The monoisotopic (exact) mass is 231 g/mol. The third kappa shape index (κ3) is 1.70. The highest BCUT2D eigenvalue weighted by molar-refractivity contribution is 5.86. The average molecular weight is 231 g/mol. The number of fused-ring (bicyclic) bond motifs is 1. The van der Waals surface area contributed by atoms with E-state index in [2.05, 4.69) is 5.32 Å². The van der Waals surface area contributed by atoms with Crippen molar-refractivity contribution in [2.75, 3.05) is 13.1 Å². The van der Waals surface area contributed by atoms with Gasteiger partial charge in [-0.05, 0) is 30.5 Å². The molecule has 1 fully saturated rings. The van der Waals surface area contributed by atoms with E-state index < -0.39 is 5.63 Å². The molecular weight excluding hydrogens is 218 g/mol. The van der Waals surface area contributed by atoms with Crippen LogP contribution in [0.2, 0.25) is 0 Å². The molecular formula is C13H13NO3. The highest BCUT2D eigenvalue weighted by Crippen LogP contribution is 2.33. The molecule has 17 heavy (non-hydrogen) atoms. The fraction of sp³-hybridized carbons (Fsp3) is 0.308. The molecule has 1 saturated heterocycles. The van der Waals surface area contributed by atoms with Crippen LogP contribution in [0.15, 0.2) is 33.5 Å². The lowest BCUT2D eigenvalue weighted by molar-refractivity contribution is 0.467. The van der Waals surface area contributed by atoms with Crippen LogP contribution in [0.5, 0.6) is 5.75 Å². The number of nitrogens with one attached hydrogen (secondary N) is 1. The van der Waals surface area contributed by atoms with Crippen molar-refractivity contribution < 1.29 is 9.52 Å². The summed E-state index contributed by atoms with van der Waals surface area (Å²) in [4.78, 5) is 11.2. The maximum absolute atomic E-state index is 11.2. The van der Waals surface area contributed by atoms with Gasteiger partial charge in [0.25, 0.3) is 0 Å². The van der Waals surface area contributed by atoms with E-state index in [-0.39, 0.29) is 5.75 Å². The van der Waals surface area contributed by atoms with Crippen LogP contribution in [0, 0.1) is 0 Å².